The predicted molar refractivity (Wildman–Crippen MR) is 83.6 cm³/mol. The third-order valence-corrected chi connectivity index (χ3v) is 4.52. The molecule has 2 aromatic rings. The third kappa shape index (κ3) is 2.95. The first-order valence-electron chi connectivity index (χ1n) is 7.04. The zero-order valence-electron chi connectivity index (χ0n) is 12.1. The molecule has 0 aliphatic heterocycles. The van der Waals surface area contributed by atoms with Crippen molar-refractivity contribution in [2.45, 2.75) is 30.8 Å². The molecule has 1 aliphatic rings. The fourth-order valence-electron chi connectivity index (χ4n) is 2.43. The molecule has 0 spiro atoms. The van der Waals surface area contributed by atoms with Gasteiger partial charge in [0.2, 0.25) is 0 Å². The van der Waals surface area contributed by atoms with Gasteiger partial charge in [0, 0.05) is 12.3 Å². The molecule has 21 heavy (non-hydrogen) atoms. The quantitative estimate of drug-likeness (QED) is 0.862. The lowest BCUT2D eigenvalue weighted by Crippen LogP contribution is -2.19. The summed E-state index contributed by atoms with van der Waals surface area (Å²) >= 11 is 1.47. The van der Waals surface area contributed by atoms with Gasteiger partial charge in [0.1, 0.15) is 10.8 Å². The summed E-state index contributed by atoms with van der Waals surface area (Å²) in [6.45, 7) is 2.15. The van der Waals surface area contributed by atoms with Crippen LogP contribution in [0, 0.1) is 5.92 Å². The number of carbonyl (C=O) groups excluding carboxylic acids is 1. The number of thioether (sulfide) groups is 1. The molecule has 5 nitrogen and oxygen atoms in total. The van der Waals surface area contributed by atoms with Crippen molar-refractivity contribution in [2.75, 3.05) is 11.6 Å². The summed E-state index contributed by atoms with van der Waals surface area (Å²) in [7, 11) is 0. The van der Waals surface area contributed by atoms with E-state index in [4.69, 9.17) is 0 Å². The number of hydrogen-bond donors (Lipinski definition) is 1. The summed E-state index contributed by atoms with van der Waals surface area (Å²) in [5.74, 6) is 1.29. The van der Waals surface area contributed by atoms with Gasteiger partial charge in [-0.2, -0.15) is 5.10 Å². The van der Waals surface area contributed by atoms with E-state index in [0.29, 0.717) is 17.5 Å². The van der Waals surface area contributed by atoms with Gasteiger partial charge < -0.3 is 5.32 Å². The SMILES string of the molecule is CSc1ncccc1C(=O)Nc1ccnn1C(C)C1CC1. The summed E-state index contributed by atoms with van der Waals surface area (Å²) in [5.41, 5.74) is 0.594. The van der Waals surface area contributed by atoms with Gasteiger partial charge in [-0.05, 0) is 44.1 Å². The van der Waals surface area contributed by atoms with Crippen LogP contribution in [0.1, 0.15) is 36.2 Å². The van der Waals surface area contributed by atoms with Crippen LogP contribution in [0.25, 0.3) is 0 Å². The molecule has 2 heterocycles. The van der Waals surface area contributed by atoms with Crippen LogP contribution < -0.4 is 5.32 Å². The number of amides is 1. The Balaban J connectivity index is 1.80. The second-order valence-corrected chi connectivity index (χ2v) is 6.05. The molecule has 0 bridgehead atoms. The minimum atomic E-state index is -0.141. The van der Waals surface area contributed by atoms with Crippen LogP contribution in [0.2, 0.25) is 0 Å². The molecule has 0 saturated heterocycles. The Hall–Kier alpha value is -1.82. The zero-order valence-corrected chi connectivity index (χ0v) is 12.9. The molecule has 1 N–H and O–H groups in total. The average Bonchev–Trinajstić information content (AvgIpc) is 3.26. The average molecular weight is 302 g/mol. The summed E-state index contributed by atoms with van der Waals surface area (Å²) in [4.78, 5) is 16.7. The molecule has 1 fully saturated rings. The van der Waals surface area contributed by atoms with E-state index in [0.717, 1.165) is 10.8 Å². The van der Waals surface area contributed by atoms with E-state index < -0.39 is 0 Å². The maximum Gasteiger partial charge on any atom is 0.259 e. The van der Waals surface area contributed by atoms with Gasteiger partial charge >= 0.3 is 0 Å². The summed E-state index contributed by atoms with van der Waals surface area (Å²) < 4.78 is 1.91. The molecule has 3 rings (SSSR count). The Bertz CT molecular complexity index is 651. The van der Waals surface area contributed by atoms with E-state index in [1.54, 1.807) is 24.5 Å². The highest BCUT2D eigenvalue weighted by molar-refractivity contribution is 7.98. The molecule has 110 valence electrons. The van der Waals surface area contributed by atoms with E-state index in [2.05, 4.69) is 22.3 Å². The van der Waals surface area contributed by atoms with Gasteiger partial charge in [-0.3, -0.25) is 4.79 Å². The highest BCUT2D eigenvalue weighted by Crippen LogP contribution is 2.40. The van der Waals surface area contributed by atoms with Gasteiger partial charge in [-0.15, -0.1) is 11.8 Å². The Morgan fingerprint density at radius 2 is 2.24 bits per heavy atom. The summed E-state index contributed by atoms with van der Waals surface area (Å²) in [5, 5.41) is 8.03. The molecule has 0 aromatic carbocycles. The number of nitrogens with one attached hydrogen (secondary N) is 1. The van der Waals surface area contributed by atoms with Crippen LogP contribution in [0.5, 0.6) is 0 Å². The fraction of sp³-hybridized carbons (Fsp3) is 0.400. The lowest BCUT2D eigenvalue weighted by molar-refractivity contribution is 0.102. The van der Waals surface area contributed by atoms with Gasteiger partial charge in [0.25, 0.3) is 5.91 Å². The van der Waals surface area contributed by atoms with Gasteiger partial charge in [0.15, 0.2) is 0 Å². The maximum atomic E-state index is 12.4. The molecular weight excluding hydrogens is 284 g/mol. The highest BCUT2D eigenvalue weighted by Gasteiger charge is 2.30. The lowest BCUT2D eigenvalue weighted by Gasteiger charge is -2.15. The van der Waals surface area contributed by atoms with E-state index in [1.165, 1.54) is 24.6 Å². The number of aromatic nitrogens is 3. The highest BCUT2D eigenvalue weighted by atomic mass is 32.2. The Kier molecular flexibility index (Phi) is 3.96. The summed E-state index contributed by atoms with van der Waals surface area (Å²) in [6.07, 6.45) is 7.83. The van der Waals surface area contributed by atoms with Crippen LogP contribution in [0.15, 0.2) is 35.6 Å². The maximum absolute atomic E-state index is 12.4. The van der Waals surface area contributed by atoms with Crippen molar-refractivity contribution in [3.05, 3.63) is 36.2 Å². The van der Waals surface area contributed by atoms with Gasteiger partial charge in [-0.25, -0.2) is 9.67 Å². The number of nitrogens with zero attached hydrogens (tertiary/aromatic N) is 3. The van der Waals surface area contributed by atoms with Crippen molar-refractivity contribution in [2.24, 2.45) is 5.92 Å². The monoisotopic (exact) mass is 302 g/mol. The van der Waals surface area contributed by atoms with Gasteiger partial charge in [0.05, 0.1) is 17.8 Å². The Morgan fingerprint density at radius 3 is 2.95 bits per heavy atom. The van der Waals surface area contributed by atoms with Crippen molar-refractivity contribution >= 4 is 23.5 Å². The van der Waals surface area contributed by atoms with Crippen molar-refractivity contribution < 1.29 is 4.79 Å². The van der Waals surface area contributed by atoms with E-state index in [9.17, 15) is 4.79 Å². The first-order valence-corrected chi connectivity index (χ1v) is 8.27. The van der Waals surface area contributed by atoms with Crippen LogP contribution in [0.3, 0.4) is 0 Å². The molecule has 1 unspecified atom stereocenters. The summed E-state index contributed by atoms with van der Waals surface area (Å²) in [6, 6.07) is 5.73. The standard InChI is InChI=1S/C15H18N4OS/c1-10(11-5-6-11)19-13(7-9-17-19)18-14(20)12-4-3-8-16-15(12)21-2/h3-4,7-11H,5-6H2,1-2H3,(H,18,20). The number of pyridine rings is 1. The zero-order chi connectivity index (χ0) is 14.8. The van der Waals surface area contributed by atoms with Crippen molar-refractivity contribution in [1.29, 1.82) is 0 Å². The smallest absolute Gasteiger partial charge is 0.259 e. The van der Waals surface area contributed by atoms with Crippen LogP contribution in [-0.2, 0) is 0 Å². The largest absolute Gasteiger partial charge is 0.307 e. The van der Waals surface area contributed by atoms with E-state index in [1.807, 2.05) is 17.0 Å². The third-order valence-electron chi connectivity index (χ3n) is 3.81. The minimum Gasteiger partial charge on any atom is -0.307 e. The Labute approximate surface area is 128 Å². The molecule has 1 atom stereocenters. The lowest BCUT2D eigenvalue weighted by atomic mass is 10.2. The molecule has 2 aromatic heterocycles. The van der Waals surface area contributed by atoms with Crippen molar-refractivity contribution in [1.82, 2.24) is 14.8 Å². The van der Waals surface area contributed by atoms with Gasteiger partial charge in [-0.1, -0.05) is 0 Å². The predicted octanol–water partition coefficient (Wildman–Crippen LogP) is 3.22. The number of carbonyl (C=O) groups is 1. The normalized spacial score (nSPS) is 15.7. The molecule has 1 saturated carbocycles. The number of hydrogen-bond acceptors (Lipinski definition) is 4. The van der Waals surface area contributed by atoms with Crippen LogP contribution in [0.4, 0.5) is 5.82 Å². The molecule has 6 heteroatoms. The van der Waals surface area contributed by atoms with Crippen molar-refractivity contribution in [3.63, 3.8) is 0 Å². The van der Waals surface area contributed by atoms with E-state index >= 15 is 0 Å². The Morgan fingerprint density at radius 1 is 1.43 bits per heavy atom. The van der Waals surface area contributed by atoms with Crippen LogP contribution in [-0.4, -0.2) is 26.9 Å². The molecule has 1 aliphatic carbocycles. The second kappa shape index (κ2) is 5.89. The minimum absolute atomic E-state index is 0.141. The first kappa shape index (κ1) is 14.1. The molecule has 1 amide bonds. The molecule has 0 radical (unpaired) electrons. The van der Waals surface area contributed by atoms with Crippen LogP contribution >= 0.6 is 11.8 Å². The molecular formula is C15H18N4OS. The fourth-order valence-corrected chi connectivity index (χ4v) is 2.97. The van der Waals surface area contributed by atoms with E-state index in [-0.39, 0.29) is 5.91 Å². The number of anilines is 1. The second-order valence-electron chi connectivity index (χ2n) is 5.25. The number of rotatable bonds is 5. The first-order chi connectivity index (χ1) is 10.2. The topological polar surface area (TPSA) is 59.8 Å². The van der Waals surface area contributed by atoms with Crippen molar-refractivity contribution in [3.8, 4) is 0 Å².